The van der Waals surface area contributed by atoms with E-state index in [2.05, 4.69) is 26.6 Å². The van der Waals surface area contributed by atoms with Gasteiger partial charge in [0.05, 0.1) is 29.5 Å². The number of carboxylic acid groups (broad SMARTS) is 1. The van der Waals surface area contributed by atoms with Gasteiger partial charge in [-0.1, -0.05) is 22.0 Å². The average molecular weight is 437 g/mol. The van der Waals surface area contributed by atoms with Crippen molar-refractivity contribution in [2.45, 2.75) is 18.9 Å². The summed E-state index contributed by atoms with van der Waals surface area (Å²) in [5.41, 5.74) is 1.29. The molecule has 0 aromatic heterocycles. The van der Waals surface area contributed by atoms with Gasteiger partial charge in [-0.3, -0.25) is 4.79 Å². The van der Waals surface area contributed by atoms with E-state index >= 15 is 0 Å². The van der Waals surface area contributed by atoms with Crippen LogP contribution in [0.3, 0.4) is 0 Å². The zero-order valence-corrected chi connectivity index (χ0v) is 15.9. The molecule has 0 bridgehead atoms. The molecule has 1 aliphatic heterocycles. The first-order valence-electron chi connectivity index (χ1n) is 8.39. The summed E-state index contributed by atoms with van der Waals surface area (Å²) < 4.78 is 19.9. The van der Waals surface area contributed by atoms with Crippen LogP contribution in [0.15, 0.2) is 40.9 Å². The van der Waals surface area contributed by atoms with Crippen molar-refractivity contribution < 1.29 is 23.8 Å². The van der Waals surface area contributed by atoms with E-state index < -0.39 is 17.7 Å². The van der Waals surface area contributed by atoms with Crippen LogP contribution in [-0.4, -0.2) is 36.2 Å². The van der Waals surface area contributed by atoms with Crippen molar-refractivity contribution in [2.75, 3.05) is 23.8 Å². The highest BCUT2D eigenvalue weighted by atomic mass is 79.9. The van der Waals surface area contributed by atoms with Crippen LogP contribution in [0.2, 0.25) is 0 Å². The Kier molecular flexibility index (Phi) is 6.08. The van der Waals surface area contributed by atoms with Gasteiger partial charge in [0.2, 0.25) is 5.91 Å². The molecule has 27 heavy (non-hydrogen) atoms. The van der Waals surface area contributed by atoms with Gasteiger partial charge in [0.15, 0.2) is 0 Å². The number of halogens is 2. The number of carboxylic acids is 1. The fourth-order valence-electron chi connectivity index (χ4n) is 2.63. The Hall–Kier alpha value is -2.45. The van der Waals surface area contributed by atoms with Gasteiger partial charge in [-0.05, 0) is 42.3 Å². The monoisotopic (exact) mass is 436 g/mol. The third kappa shape index (κ3) is 5.05. The predicted octanol–water partition coefficient (Wildman–Crippen LogP) is 3.67. The van der Waals surface area contributed by atoms with Crippen LogP contribution < -0.4 is 10.6 Å². The second-order valence-corrected chi connectivity index (χ2v) is 7.10. The Balaban J connectivity index is 1.73. The van der Waals surface area contributed by atoms with Gasteiger partial charge >= 0.3 is 5.97 Å². The number of amides is 1. The number of aromatic carboxylic acids is 1. The number of benzene rings is 2. The van der Waals surface area contributed by atoms with Crippen molar-refractivity contribution >= 4 is 39.2 Å². The lowest BCUT2D eigenvalue weighted by molar-refractivity contribution is -0.115. The quantitative estimate of drug-likeness (QED) is 0.616. The van der Waals surface area contributed by atoms with Crippen LogP contribution in [0.5, 0.6) is 0 Å². The Labute approximate surface area is 163 Å². The second kappa shape index (κ2) is 8.49. The summed E-state index contributed by atoms with van der Waals surface area (Å²) >= 11 is 3.18. The van der Waals surface area contributed by atoms with Crippen LogP contribution in [0.25, 0.3) is 0 Å². The molecule has 1 atom stereocenters. The van der Waals surface area contributed by atoms with Gasteiger partial charge in [0, 0.05) is 17.6 Å². The minimum atomic E-state index is -1.06. The van der Waals surface area contributed by atoms with Crippen LogP contribution >= 0.6 is 15.9 Å². The van der Waals surface area contributed by atoms with Crippen molar-refractivity contribution in [3.05, 3.63) is 57.8 Å². The number of carbonyl (C=O) groups is 2. The molecule has 0 aliphatic carbocycles. The summed E-state index contributed by atoms with van der Waals surface area (Å²) in [4.78, 5) is 23.6. The SMILES string of the molecule is O=C(Cc1ccc(Br)cc1F)Nc1ccc(C(=O)O)cc1NCC1CCO1. The van der Waals surface area contributed by atoms with E-state index in [9.17, 15) is 19.1 Å². The lowest BCUT2D eigenvalue weighted by Crippen LogP contribution is -2.33. The maximum atomic E-state index is 13.9. The lowest BCUT2D eigenvalue weighted by Gasteiger charge is -2.27. The molecule has 1 saturated heterocycles. The first kappa shape index (κ1) is 19.3. The minimum absolute atomic E-state index is 0.0684. The normalized spacial score (nSPS) is 15.7. The largest absolute Gasteiger partial charge is 0.478 e. The van der Waals surface area contributed by atoms with E-state index in [1.165, 1.54) is 24.3 Å². The van der Waals surface area contributed by atoms with Crippen molar-refractivity contribution in [1.29, 1.82) is 0 Å². The average Bonchev–Trinajstić information content (AvgIpc) is 2.57. The molecule has 2 aromatic rings. The molecule has 1 aliphatic rings. The molecule has 8 heteroatoms. The molecule has 6 nitrogen and oxygen atoms in total. The number of hydrogen-bond donors (Lipinski definition) is 3. The summed E-state index contributed by atoms with van der Waals surface area (Å²) in [5, 5.41) is 15.0. The Morgan fingerprint density at radius 1 is 1.22 bits per heavy atom. The van der Waals surface area contributed by atoms with E-state index in [-0.39, 0.29) is 23.7 Å². The number of nitrogens with one attached hydrogen (secondary N) is 2. The molecule has 0 spiro atoms. The van der Waals surface area contributed by atoms with Crippen LogP contribution in [0.4, 0.5) is 15.8 Å². The molecule has 1 fully saturated rings. The van der Waals surface area contributed by atoms with Gasteiger partial charge < -0.3 is 20.5 Å². The zero-order valence-electron chi connectivity index (χ0n) is 14.3. The van der Waals surface area contributed by atoms with E-state index in [4.69, 9.17) is 4.74 Å². The Morgan fingerprint density at radius 2 is 2.00 bits per heavy atom. The van der Waals surface area contributed by atoms with Gasteiger partial charge in [-0.2, -0.15) is 0 Å². The molecule has 1 amide bonds. The highest BCUT2D eigenvalue weighted by molar-refractivity contribution is 9.10. The summed E-state index contributed by atoms with van der Waals surface area (Å²) in [6.07, 6.45) is 0.861. The first-order chi connectivity index (χ1) is 12.9. The fourth-order valence-corrected chi connectivity index (χ4v) is 2.97. The zero-order chi connectivity index (χ0) is 19.4. The van der Waals surface area contributed by atoms with Gasteiger partial charge in [-0.15, -0.1) is 0 Å². The molecule has 0 saturated carbocycles. The van der Waals surface area contributed by atoms with E-state index in [1.54, 1.807) is 12.1 Å². The topological polar surface area (TPSA) is 87.7 Å². The summed E-state index contributed by atoms with van der Waals surface area (Å²) in [6.45, 7) is 1.22. The van der Waals surface area contributed by atoms with Gasteiger partial charge in [0.25, 0.3) is 0 Å². The van der Waals surface area contributed by atoms with Crippen molar-refractivity contribution in [3.8, 4) is 0 Å². The Bertz CT molecular complexity index is 871. The predicted molar refractivity (Wildman–Crippen MR) is 103 cm³/mol. The molecule has 142 valence electrons. The van der Waals surface area contributed by atoms with Crippen molar-refractivity contribution in [2.24, 2.45) is 0 Å². The van der Waals surface area contributed by atoms with E-state index in [0.29, 0.717) is 29.0 Å². The van der Waals surface area contributed by atoms with E-state index in [0.717, 1.165) is 6.42 Å². The first-order valence-corrected chi connectivity index (χ1v) is 9.18. The summed E-state index contributed by atoms with van der Waals surface area (Å²) in [5.74, 6) is -1.93. The van der Waals surface area contributed by atoms with Crippen LogP contribution in [0.1, 0.15) is 22.3 Å². The van der Waals surface area contributed by atoms with Crippen molar-refractivity contribution in [3.63, 3.8) is 0 Å². The summed E-state index contributed by atoms with van der Waals surface area (Å²) in [6, 6.07) is 8.89. The smallest absolute Gasteiger partial charge is 0.335 e. The standard InChI is InChI=1S/C19H18BrFN2O4/c20-13-3-1-11(15(21)9-13)8-18(24)23-16-4-2-12(19(25)26)7-17(16)22-10-14-5-6-27-14/h1-4,7,9,14,22H,5-6,8,10H2,(H,23,24)(H,25,26). The maximum Gasteiger partial charge on any atom is 0.335 e. The molecule has 2 aromatic carbocycles. The molecule has 1 unspecified atom stereocenters. The van der Waals surface area contributed by atoms with Gasteiger partial charge in [-0.25, -0.2) is 9.18 Å². The number of anilines is 2. The van der Waals surface area contributed by atoms with Crippen LogP contribution in [-0.2, 0) is 16.0 Å². The Morgan fingerprint density at radius 3 is 2.63 bits per heavy atom. The number of carbonyl (C=O) groups excluding carboxylic acids is 1. The third-order valence-electron chi connectivity index (χ3n) is 4.22. The molecule has 1 heterocycles. The highest BCUT2D eigenvalue weighted by Gasteiger charge is 2.19. The minimum Gasteiger partial charge on any atom is -0.478 e. The molecule has 0 radical (unpaired) electrons. The number of hydrogen-bond acceptors (Lipinski definition) is 4. The summed E-state index contributed by atoms with van der Waals surface area (Å²) in [7, 11) is 0. The highest BCUT2D eigenvalue weighted by Crippen LogP contribution is 2.25. The third-order valence-corrected chi connectivity index (χ3v) is 4.71. The number of rotatable bonds is 7. The molecular weight excluding hydrogens is 419 g/mol. The second-order valence-electron chi connectivity index (χ2n) is 6.19. The number of ether oxygens (including phenoxy) is 1. The molecule has 3 N–H and O–H groups in total. The van der Waals surface area contributed by atoms with Gasteiger partial charge in [0.1, 0.15) is 5.82 Å². The lowest BCUT2D eigenvalue weighted by atomic mass is 10.1. The van der Waals surface area contributed by atoms with Crippen molar-refractivity contribution in [1.82, 2.24) is 0 Å². The molecule has 3 rings (SSSR count). The van der Waals surface area contributed by atoms with E-state index in [1.807, 2.05) is 0 Å². The fraction of sp³-hybridized carbons (Fsp3) is 0.263. The van der Waals surface area contributed by atoms with Crippen LogP contribution in [0, 0.1) is 5.82 Å². The maximum absolute atomic E-state index is 13.9. The molecular formula is C19H18BrFN2O4.